The van der Waals surface area contributed by atoms with Gasteiger partial charge >= 0.3 is 13.1 Å². The van der Waals surface area contributed by atoms with Crippen LogP contribution in [-0.4, -0.2) is 62.9 Å². The van der Waals surface area contributed by atoms with E-state index >= 15 is 0 Å². The molecule has 1 saturated heterocycles. The van der Waals surface area contributed by atoms with Crippen LogP contribution in [0.15, 0.2) is 24.3 Å². The minimum absolute atomic E-state index is 0.0904. The summed E-state index contributed by atoms with van der Waals surface area (Å²) in [6.45, 7) is 1.86. The first-order valence-electron chi connectivity index (χ1n) is 10.7. The summed E-state index contributed by atoms with van der Waals surface area (Å²) in [5.41, 5.74) is 8.69. The third kappa shape index (κ3) is 5.36. The maximum absolute atomic E-state index is 12.3. The van der Waals surface area contributed by atoms with Crippen LogP contribution < -0.4 is 5.73 Å². The number of thioether (sulfide) groups is 1. The number of benzene rings is 1. The zero-order chi connectivity index (χ0) is 20.9. The van der Waals surface area contributed by atoms with Gasteiger partial charge in [0.15, 0.2) is 0 Å². The Labute approximate surface area is 178 Å². The summed E-state index contributed by atoms with van der Waals surface area (Å²) in [5, 5.41) is 28.2. The van der Waals surface area contributed by atoms with E-state index in [1.165, 1.54) is 22.9 Å². The molecule has 3 rings (SSSR count). The van der Waals surface area contributed by atoms with Gasteiger partial charge in [-0.2, -0.15) is 0 Å². The van der Waals surface area contributed by atoms with E-state index < -0.39 is 17.8 Å². The van der Waals surface area contributed by atoms with Gasteiger partial charge < -0.3 is 20.9 Å². The van der Waals surface area contributed by atoms with Crippen molar-refractivity contribution in [3.8, 4) is 0 Å². The second kappa shape index (κ2) is 10.3. The fourth-order valence-corrected chi connectivity index (χ4v) is 6.31. The number of nitrogens with zero attached hydrogens (tertiary/aromatic N) is 1. The lowest BCUT2D eigenvalue weighted by molar-refractivity contribution is -0.142. The standard InChI is InChI=1S/C21H33BN2O4S/c23-15-29-21(20(25)26,9-3-4-10-22(27)28)18-7-11-24(12-8-18)19-13-16-5-1-2-6-17(16)14-19/h1-2,5-6,18-19,27-28H,3-4,7-15,23H2,(H,25,26). The van der Waals surface area contributed by atoms with Crippen molar-refractivity contribution < 1.29 is 19.9 Å². The fourth-order valence-electron chi connectivity index (χ4n) is 5.13. The summed E-state index contributed by atoms with van der Waals surface area (Å²) in [6.07, 6.45) is 5.99. The van der Waals surface area contributed by atoms with E-state index in [1.54, 1.807) is 0 Å². The van der Waals surface area contributed by atoms with Crippen molar-refractivity contribution in [1.29, 1.82) is 0 Å². The average Bonchev–Trinajstić information content (AvgIpc) is 3.14. The van der Waals surface area contributed by atoms with Crippen LogP contribution in [-0.2, 0) is 17.6 Å². The molecule has 0 amide bonds. The van der Waals surface area contributed by atoms with Gasteiger partial charge in [-0.25, -0.2) is 0 Å². The van der Waals surface area contributed by atoms with Crippen molar-refractivity contribution in [3.63, 3.8) is 0 Å². The predicted molar refractivity (Wildman–Crippen MR) is 118 cm³/mol. The van der Waals surface area contributed by atoms with Gasteiger partial charge in [0.1, 0.15) is 4.75 Å². The number of fused-ring (bicyclic) bond motifs is 1. The highest BCUT2D eigenvalue weighted by molar-refractivity contribution is 8.01. The van der Waals surface area contributed by atoms with Gasteiger partial charge in [-0.15, -0.1) is 11.8 Å². The maximum atomic E-state index is 12.3. The SMILES string of the molecule is NCSC(CCCCB(O)O)(C(=O)O)C1CCN(C2Cc3ccccc3C2)CC1. The lowest BCUT2D eigenvalue weighted by Crippen LogP contribution is -2.50. The zero-order valence-electron chi connectivity index (χ0n) is 17.0. The monoisotopic (exact) mass is 420 g/mol. The summed E-state index contributed by atoms with van der Waals surface area (Å²) in [5.74, 6) is -0.399. The molecule has 6 nitrogen and oxygen atoms in total. The van der Waals surface area contributed by atoms with E-state index in [4.69, 9.17) is 15.8 Å². The maximum Gasteiger partial charge on any atom is 0.451 e. The highest BCUT2D eigenvalue weighted by Crippen LogP contribution is 2.43. The molecule has 0 aromatic heterocycles. The number of likely N-dealkylation sites (tertiary alicyclic amines) is 1. The smallest absolute Gasteiger partial charge is 0.451 e. The number of piperidine rings is 1. The molecule has 1 aliphatic heterocycles. The van der Waals surface area contributed by atoms with E-state index in [9.17, 15) is 9.90 Å². The van der Waals surface area contributed by atoms with Crippen molar-refractivity contribution in [1.82, 2.24) is 4.90 Å². The molecule has 0 saturated carbocycles. The van der Waals surface area contributed by atoms with Gasteiger partial charge in [-0.1, -0.05) is 37.1 Å². The minimum Gasteiger partial charge on any atom is -0.480 e. The third-order valence-electron chi connectivity index (χ3n) is 6.70. The molecular weight excluding hydrogens is 387 g/mol. The highest BCUT2D eigenvalue weighted by Gasteiger charge is 2.47. The lowest BCUT2D eigenvalue weighted by Gasteiger charge is -2.43. The summed E-state index contributed by atoms with van der Waals surface area (Å²) in [7, 11) is -1.32. The van der Waals surface area contributed by atoms with Crippen molar-refractivity contribution in [2.24, 2.45) is 11.7 Å². The largest absolute Gasteiger partial charge is 0.480 e. The molecular formula is C21H33BN2O4S. The normalized spacial score (nSPS) is 20.4. The molecule has 5 N–H and O–H groups in total. The Morgan fingerprint density at radius 2 is 1.79 bits per heavy atom. The number of rotatable bonds is 10. The van der Waals surface area contributed by atoms with Gasteiger partial charge in [0.2, 0.25) is 0 Å². The highest BCUT2D eigenvalue weighted by atomic mass is 32.2. The van der Waals surface area contributed by atoms with Gasteiger partial charge in [0, 0.05) is 11.9 Å². The molecule has 1 heterocycles. The van der Waals surface area contributed by atoms with Crippen LogP contribution in [0.25, 0.3) is 0 Å². The van der Waals surface area contributed by atoms with Crippen molar-refractivity contribution in [2.45, 2.75) is 62.1 Å². The van der Waals surface area contributed by atoms with Gasteiger partial charge in [-0.3, -0.25) is 9.69 Å². The topological polar surface area (TPSA) is 107 Å². The number of nitrogens with two attached hydrogens (primary N) is 1. The molecule has 160 valence electrons. The second-order valence-electron chi connectivity index (χ2n) is 8.37. The van der Waals surface area contributed by atoms with E-state index in [0.29, 0.717) is 25.3 Å². The summed E-state index contributed by atoms with van der Waals surface area (Å²) >= 11 is 1.36. The summed E-state index contributed by atoms with van der Waals surface area (Å²) in [6, 6.07) is 9.18. The molecule has 0 radical (unpaired) electrons. The quantitative estimate of drug-likeness (QED) is 0.261. The first-order valence-corrected chi connectivity index (χ1v) is 11.7. The predicted octanol–water partition coefficient (Wildman–Crippen LogP) is 1.98. The van der Waals surface area contributed by atoms with Crippen LogP contribution in [0.2, 0.25) is 6.32 Å². The van der Waals surface area contributed by atoms with E-state index in [0.717, 1.165) is 38.8 Å². The molecule has 0 bridgehead atoms. The van der Waals surface area contributed by atoms with Crippen molar-refractivity contribution in [2.75, 3.05) is 19.0 Å². The molecule has 1 aliphatic carbocycles. The van der Waals surface area contributed by atoms with Crippen LogP contribution in [0.1, 0.15) is 43.2 Å². The Morgan fingerprint density at radius 3 is 2.31 bits per heavy atom. The first-order chi connectivity index (χ1) is 14.0. The Bertz CT molecular complexity index is 659. The number of carboxylic acids is 1. The molecule has 1 aromatic carbocycles. The Kier molecular flexibility index (Phi) is 8.04. The third-order valence-corrected chi connectivity index (χ3v) is 8.09. The Balaban J connectivity index is 1.60. The van der Waals surface area contributed by atoms with Crippen LogP contribution in [0.4, 0.5) is 0 Å². The molecule has 1 aromatic rings. The van der Waals surface area contributed by atoms with Crippen LogP contribution in [0, 0.1) is 5.92 Å². The molecule has 1 atom stereocenters. The Hall–Kier alpha value is -1.06. The first kappa shape index (κ1) is 22.6. The minimum atomic E-state index is -1.32. The fraction of sp³-hybridized carbons (Fsp3) is 0.667. The summed E-state index contributed by atoms with van der Waals surface area (Å²) < 4.78 is -0.875. The van der Waals surface area contributed by atoms with E-state index in [-0.39, 0.29) is 18.1 Å². The number of carbonyl (C=O) groups is 1. The van der Waals surface area contributed by atoms with Crippen LogP contribution in [0.3, 0.4) is 0 Å². The molecule has 1 unspecified atom stereocenters. The van der Waals surface area contributed by atoms with Gasteiger partial charge in [0.05, 0.1) is 0 Å². The molecule has 1 fully saturated rings. The summed E-state index contributed by atoms with van der Waals surface area (Å²) in [4.78, 5) is 14.9. The van der Waals surface area contributed by atoms with E-state index in [1.807, 2.05) is 0 Å². The van der Waals surface area contributed by atoms with Crippen LogP contribution in [0.5, 0.6) is 0 Å². The number of unbranched alkanes of at least 4 members (excludes halogenated alkanes) is 1. The number of hydrogen-bond acceptors (Lipinski definition) is 6. The average molecular weight is 420 g/mol. The molecule has 29 heavy (non-hydrogen) atoms. The molecule has 0 spiro atoms. The second-order valence-corrected chi connectivity index (χ2v) is 9.72. The van der Waals surface area contributed by atoms with Crippen LogP contribution >= 0.6 is 11.8 Å². The molecule has 2 aliphatic rings. The lowest BCUT2D eigenvalue weighted by atomic mass is 9.78. The zero-order valence-corrected chi connectivity index (χ0v) is 17.8. The Morgan fingerprint density at radius 1 is 1.17 bits per heavy atom. The van der Waals surface area contributed by atoms with Gasteiger partial charge in [-0.05, 0) is 68.6 Å². The van der Waals surface area contributed by atoms with Crippen molar-refractivity contribution in [3.05, 3.63) is 35.4 Å². The number of hydrogen-bond donors (Lipinski definition) is 4. The van der Waals surface area contributed by atoms with Gasteiger partial charge in [0.25, 0.3) is 0 Å². The van der Waals surface area contributed by atoms with Crippen molar-refractivity contribution >= 4 is 24.8 Å². The number of aliphatic carboxylic acids is 1. The van der Waals surface area contributed by atoms with E-state index in [2.05, 4.69) is 29.2 Å². The molecule has 8 heteroatoms. The number of carboxylic acid groups (broad SMARTS) is 1.